The van der Waals surface area contributed by atoms with Crippen molar-refractivity contribution in [1.82, 2.24) is 5.32 Å². The summed E-state index contributed by atoms with van der Waals surface area (Å²) < 4.78 is 39.1. The van der Waals surface area contributed by atoms with Crippen molar-refractivity contribution in [3.05, 3.63) is 57.6 Å². The minimum Gasteiger partial charge on any atom is -0.496 e. The van der Waals surface area contributed by atoms with Crippen LogP contribution >= 0.6 is 0 Å². The van der Waals surface area contributed by atoms with Gasteiger partial charge in [-0.15, -0.1) is 0 Å². The molecule has 0 aliphatic heterocycles. The summed E-state index contributed by atoms with van der Waals surface area (Å²) in [4.78, 5) is 22.6. The number of nitro benzene ring substituents is 1. The third kappa shape index (κ3) is 5.29. The molecule has 1 N–H and O–H groups in total. The maximum absolute atomic E-state index is 12.4. The second-order valence-electron chi connectivity index (χ2n) is 5.51. The number of rotatable bonds is 9. The highest BCUT2D eigenvalue weighted by Gasteiger charge is 2.17. The average molecular weight is 396 g/mol. The summed E-state index contributed by atoms with van der Waals surface area (Å²) in [6, 6.07) is 8.17. The van der Waals surface area contributed by atoms with E-state index in [0.29, 0.717) is 12.0 Å². The first-order valence-electron chi connectivity index (χ1n) is 8.08. The van der Waals surface area contributed by atoms with Crippen LogP contribution in [0, 0.1) is 10.1 Å². The molecule has 0 unspecified atom stereocenters. The fraction of sp³-hybridized carbons (Fsp3) is 0.278. The Hall–Kier alpha value is -3.43. The molecule has 28 heavy (non-hydrogen) atoms. The molecule has 0 atom stereocenters. The summed E-state index contributed by atoms with van der Waals surface area (Å²) in [6.45, 7) is -2.77. The number of hydrogen-bond acceptors (Lipinski definition) is 6. The van der Waals surface area contributed by atoms with Crippen LogP contribution in [0.1, 0.15) is 15.9 Å². The molecule has 0 bridgehead atoms. The van der Waals surface area contributed by atoms with Crippen molar-refractivity contribution in [1.29, 1.82) is 0 Å². The van der Waals surface area contributed by atoms with Gasteiger partial charge in [0.15, 0.2) is 11.5 Å². The zero-order chi connectivity index (χ0) is 20.7. The number of ether oxygens (including phenoxy) is 3. The van der Waals surface area contributed by atoms with Gasteiger partial charge >= 0.3 is 6.61 Å². The maximum Gasteiger partial charge on any atom is 0.387 e. The lowest BCUT2D eigenvalue weighted by Gasteiger charge is -2.12. The van der Waals surface area contributed by atoms with Crippen molar-refractivity contribution in [2.45, 2.75) is 13.0 Å². The Morgan fingerprint density at radius 2 is 1.79 bits per heavy atom. The van der Waals surface area contributed by atoms with Gasteiger partial charge in [-0.1, -0.05) is 6.07 Å². The SMILES string of the molecule is COc1cc(CCNC(=O)c2cc([N+](=O)[O-])ccc2OC)ccc1OC(F)F. The number of carbonyl (C=O) groups is 1. The molecule has 2 rings (SSSR count). The van der Waals surface area contributed by atoms with Crippen LogP contribution in [-0.2, 0) is 6.42 Å². The molecule has 0 aliphatic carbocycles. The summed E-state index contributed by atoms with van der Waals surface area (Å²) in [7, 11) is 2.68. The van der Waals surface area contributed by atoms with Crippen LogP contribution in [0.25, 0.3) is 0 Å². The van der Waals surface area contributed by atoms with E-state index < -0.39 is 17.4 Å². The lowest BCUT2D eigenvalue weighted by molar-refractivity contribution is -0.384. The van der Waals surface area contributed by atoms with Gasteiger partial charge in [0.1, 0.15) is 5.75 Å². The first-order chi connectivity index (χ1) is 13.3. The number of benzene rings is 2. The zero-order valence-corrected chi connectivity index (χ0v) is 15.1. The third-order valence-corrected chi connectivity index (χ3v) is 3.78. The van der Waals surface area contributed by atoms with Crippen LogP contribution in [-0.4, -0.2) is 38.2 Å². The van der Waals surface area contributed by atoms with Crippen molar-refractivity contribution in [3.63, 3.8) is 0 Å². The van der Waals surface area contributed by atoms with Gasteiger partial charge < -0.3 is 19.5 Å². The van der Waals surface area contributed by atoms with Gasteiger partial charge in [0.25, 0.3) is 11.6 Å². The van der Waals surface area contributed by atoms with Gasteiger partial charge in [0.05, 0.1) is 24.7 Å². The molecule has 10 heteroatoms. The normalized spacial score (nSPS) is 10.5. The van der Waals surface area contributed by atoms with Crippen LogP contribution in [0.15, 0.2) is 36.4 Å². The number of nitrogens with one attached hydrogen (secondary N) is 1. The van der Waals surface area contributed by atoms with Crippen LogP contribution in [0.3, 0.4) is 0 Å². The molecule has 0 spiro atoms. The topological polar surface area (TPSA) is 99.9 Å². The molecule has 0 heterocycles. The third-order valence-electron chi connectivity index (χ3n) is 3.78. The molecule has 2 aromatic rings. The fourth-order valence-electron chi connectivity index (χ4n) is 2.46. The Balaban J connectivity index is 2.04. The van der Waals surface area contributed by atoms with Gasteiger partial charge in [-0.25, -0.2) is 0 Å². The molecule has 0 radical (unpaired) electrons. The summed E-state index contributed by atoms with van der Waals surface area (Å²) in [5.41, 5.74) is 0.519. The smallest absolute Gasteiger partial charge is 0.387 e. The molecule has 8 nitrogen and oxygen atoms in total. The number of non-ortho nitro benzene ring substituents is 1. The molecule has 0 aromatic heterocycles. The number of hydrogen-bond donors (Lipinski definition) is 1. The number of methoxy groups -OCH3 is 2. The predicted molar refractivity (Wildman–Crippen MR) is 95.3 cm³/mol. The largest absolute Gasteiger partial charge is 0.496 e. The molecule has 0 saturated carbocycles. The minimum absolute atomic E-state index is 0.0370. The summed E-state index contributed by atoms with van der Waals surface area (Å²) in [5.74, 6) is -0.278. The van der Waals surface area contributed by atoms with Crippen LogP contribution in [0.4, 0.5) is 14.5 Å². The van der Waals surface area contributed by atoms with Crippen molar-refractivity contribution in [2.75, 3.05) is 20.8 Å². The van der Waals surface area contributed by atoms with Crippen molar-refractivity contribution >= 4 is 11.6 Å². The zero-order valence-electron chi connectivity index (χ0n) is 15.1. The van der Waals surface area contributed by atoms with Gasteiger partial charge in [0.2, 0.25) is 0 Å². The molecular weight excluding hydrogens is 378 g/mol. The molecule has 1 amide bonds. The van der Waals surface area contributed by atoms with Gasteiger partial charge in [-0.3, -0.25) is 14.9 Å². The molecule has 0 aliphatic rings. The van der Waals surface area contributed by atoms with E-state index in [1.165, 1.54) is 38.5 Å². The number of nitrogens with zero attached hydrogens (tertiary/aromatic N) is 1. The van der Waals surface area contributed by atoms with Gasteiger partial charge in [0, 0.05) is 18.7 Å². The summed E-state index contributed by atoms with van der Waals surface area (Å²) in [6.07, 6.45) is 0.369. The Morgan fingerprint density at radius 3 is 2.39 bits per heavy atom. The molecular formula is C18H18F2N2O6. The lowest BCUT2D eigenvalue weighted by Crippen LogP contribution is -2.26. The number of alkyl halides is 2. The van der Waals surface area contributed by atoms with Gasteiger partial charge in [-0.2, -0.15) is 8.78 Å². The monoisotopic (exact) mass is 396 g/mol. The summed E-state index contributed by atoms with van der Waals surface area (Å²) in [5, 5.41) is 13.5. The van der Waals surface area contributed by atoms with Crippen LogP contribution in [0.2, 0.25) is 0 Å². The van der Waals surface area contributed by atoms with Crippen molar-refractivity contribution in [2.24, 2.45) is 0 Å². The van der Waals surface area contributed by atoms with E-state index in [0.717, 1.165) is 6.07 Å². The molecule has 150 valence electrons. The van der Waals surface area contributed by atoms with Crippen LogP contribution < -0.4 is 19.5 Å². The highest BCUT2D eigenvalue weighted by atomic mass is 19.3. The van der Waals surface area contributed by atoms with Crippen molar-refractivity contribution < 1.29 is 32.7 Å². The molecule has 0 saturated heterocycles. The van der Waals surface area contributed by atoms with E-state index >= 15 is 0 Å². The van der Waals surface area contributed by atoms with E-state index in [1.54, 1.807) is 6.07 Å². The van der Waals surface area contributed by atoms with E-state index in [2.05, 4.69) is 10.1 Å². The lowest BCUT2D eigenvalue weighted by atomic mass is 10.1. The van der Waals surface area contributed by atoms with Crippen LogP contribution in [0.5, 0.6) is 17.2 Å². The Morgan fingerprint density at radius 1 is 1.11 bits per heavy atom. The van der Waals surface area contributed by atoms with E-state index in [1.807, 2.05) is 0 Å². The standard InChI is InChI=1S/C18H18F2N2O6/c1-26-14-6-4-12(22(24)25)10-13(14)17(23)21-8-7-11-3-5-15(28-18(19)20)16(9-11)27-2/h3-6,9-10,18H,7-8H2,1-2H3,(H,21,23). The number of halogens is 2. The second kappa shape index (κ2) is 9.49. The van der Waals surface area contributed by atoms with E-state index in [9.17, 15) is 23.7 Å². The minimum atomic E-state index is -2.97. The number of carbonyl (C=O) groups excluding carboxylic acids is 1. The van der Waals surface area contributed by atoms with E-state index in [4.69, 9.17) is 9.47 Å². The first-order valence-corrected chi connectivity index (χ1v) is 8.08. The van der Waals surface area contributed by atoms with Crippen molar-refractivity contribution in [3.8, 4) is 17.2 Å². The fourth-order valence-corrected chi connectivity index (χ4v) is 2.46. The maximum atomic E-state index is 12.4. The Labute approximate surface area is 159 Å². The number of amides is 1. The average Bonchev–Trinajstić information content (AvgIpc) is 2.67. The summed E-state index contributed by atoms with van der Waals surface area (Å²) >= 11 is 0. The Kier molecular flexibility index (Phi) is 7.08. The Bertz CT molecular complexity index is 860. The molecule has 2 aromatic carbocycles. The quantitative estimate of drug-likeness (QED) is 0.516. The van der Waals surface area contributed by atoms with Gasteiger partial charge in [-0.05, 0) is 30.2 Å². The highest BCUT2D eigenvalue weighted by molar-refractivity contribution is 5.97. The molecule has 0 fully saturated rings. The van der Waals surface area contributed by atoms with E-state index in [-0.39, 0.29) is 35.0 Å². The second-order valence-corrected chi connectivity index (χ2v) is 5.51. The predicted octanol–water partition coefficient (Wildman–Crippen LogP) is 3.19. The number of nitro groups is 1. The highest BCUT2D eigenvalue weighted by Crippen LogP contribution is 2.29. The first kappa shape index (κ1) is 20.9.